The van der Waals surface area contributed by atoms with E-state index >= 15 is 0 Å². The normalized spacial score (nSPS) is 17.1. The number of nitrogens with zero attached hydrogens (tertiary/aromatic N) is 1. The Hall–Kier alpha value is -3.29. The van der Waals surface area contributed by atoms with Gasteiger partial charge in [0.2, 0.25) is 5.91 Å². The smallest absolute Gasteiger partial charge is 0.312 e. The molecule has 0 saturated carbocycles. The van der Waals surface area contributed by atoms with Crippen LogP contribution in [-0.2, 0) is 32.2 Å². The highest BCUT2D eigenvalue weighted by molar-refractivity contribution is 5.88. The standard InChI is InChI=1S/C21H24N2O6/c1-14(20(25)22-11-15-5-7-17(27-2)8-6-15)29-21(26)16-10-19(24)23(12-16)13-18-4-3-9-28-18/h3-9,14,16H,10-13H2,1-2H3,(H,22,25)/t14-,16+/m1/s1. The Balaban J connectivity index is 1.45. The molecule has 3 rings (SSSR count). The van der Waals surface area contributed by atoms with E-state index in [0.29, 0.717) is 18.8 Å². The molecule has 0 unspecified atom stereocenters. The second kappa shape index (κ2) is 9.27. The Morgan fingerprint density at radius 1 is 1.28 bits per heavy atom. The van der Waals surface area contributed by atoms with Crippen molar-refractivity contribution in [3.05, 3.63) is 54.0 Å². The fourth-order valence-electron chi connectivity index (χ4n) is 3.07. The van der Waals surface area contributed by atoms with Crippen molar-refractivity contribution in [1.29, 1.82) is 0 Å². The monoisotopic (exact) mass is 400 g/mol. The van der Waals surface area contributed by atoms with Crippen molar-refractivity contribution in [3.8, 4) is 5.75 Å². The molecule has 8 nitrogen and oxygen atoms in total. The number of carbonyl (C=O) groups is 3. The third kappa shape index (κ3) is 5.37. The Morgan fingerprint density at radius 2 is 2.03 bits per heavy atom. The van der Waals surface area contributed by atoms with Crippen LogP contribution in [0.1, 0.15) is 24.7 Å². The lowest BCUT2D eigenvalue weighted by molar-refractivity contribution is -0.158. The van der Waals surface area contributed by atoms with Gasteiger partial charge in [-0.1, -0.05) is 12.1 Å². The van der Waals surface area contributed by atoms with Crippen LogP contribution in [0, 0.1) is 5.92 Å². The van der Waals surface area contributed by atoms with Gasteiger partial charge >= 0.3 is 5.97 Å². The molecule has 1 aromatic carbocycles. The van der Waals surface area contributed by atoms with Crippen LogP contribution < -0.4 is 10.1 Å². The zero-order valence-electron chi connectivity index (χ0n) is 16.4. The summed E-state index contributed by atoms with van der Waals surface area (Å²) in [4.78, 5) is 38.3. The number of hydrogen-bond donors (Lipinski definition) is 1. The number of methoxy groups -OCH3 is 1. The van der Waals surface area contributed by atoms with Gasteiger partial charge in [-0.15, -0.1) is 0 Å². The maximum absolute atomic E-state index is 12.4. The summed E-state index contributed by atoms with van der Waals surface area (Å²) in [6, 6.07) is 10.8. The molecule has 1 saturated heterocycles. The molecule has 0 bridgehead atoms. The molecule has 1 fully saturated rings. The number of esters is 1. The molecule has 1 aliphatic heterocycles. The number of furan rings is 1. The largest absolute Gasteiger partial charge is 0.497 e. The number of amides is 2. The minimum Gasteiger partial charge on any atom is -0.497 e. The summed E-state index contributed by atoms with van der Waals surface area (Å²) in [5, 5.41) is 2.73. The van der Waals surface area contributed by atoms with Gasteiger partial charge in [0.15, 0.2) is 6.10 Å². The summed E-state index contributed by atoms with van der Waals surface area (Å²) in [5.41, 5.74) is 0.896. The molecule has 1 aliphatic rings. The molecule has 154 valence electrons. The maximum Gasteiger partial charge on any atom is 0.312 e. The minimum atomic E-state index is -0.949. The summed E-state index contributed by atoms with van der Waals surface area (Å²) < 4.78 is 15.6. The molecule has 0 spiro atoms. The Kier molecular flexibility index (Phi) is 6.54. The molecular formula is C21H24N2O6. The first-order valence-corrected chi connectivity index (χ1v) is 9.37. The quantitative estimate of drug-likeness (QED) is 0.680. The fourth-order valence-corrected chi connectivity index (χ4v) is 3.07. The summed E-state index contributed by atoms with van der Waals surface area (Å²) in [5.74, 6) is -0.291. The van der Waals surface area contributed by atoms with Crippen LogP contribution in [0.15, 0.2) is 47.1 Å². The van der Waals surface area contributed by atoms with Crippen LogP contribution in [0.5, 0.6) is 5.75 Å². The fraction of sp³-hybridized carbons (Fsp3) is 0.381. The van der Waals surface area contributed by atoms with E-state index in [0.717, 1.165) is 11.3 Å². The van der Waals surface area contributed by atoms with Crippen molar-refractivity contribution in [1.82, 2.24) is 10.2 Å². The van der Waals surface area contributed by atoms with Crippen LogP contribution in [0.25, 0.3) is 0 Å². The van der Waals surface area contributed by atoms with E-state index < -0.39 is 23.9 Å². The maximum atomic E-state index is 12.4. The van der Waals surface area contributed by atoms with Crippen LogP contribution in [0.3, 0.4) is 0 Å². The van der Waals surface area contributed by atoms with Crippen LogP contribution in [-0.4, -0.2) is 42.4 Å². The SMILES string of the molecule is COc1ccc(CNC(=O)[C@@H](C)OC(=O)[C@H]2CC(=O)N(Cc3ccco3)C2)cc1. The molecule has 0 aliphatic carbocycles. The summed E-state index contributed by atoms with van der Waals surface area (Å²) in [7, 11) is 1.58. The summed E-state index contributed by atoms with van der Waals surface area (Å²) >= 11 is 0. The second-order valence-electron chi connectivity index (χ2n) is 6.90. The van der Waals surface area contributed by atoms with Crippen molar-refractivity contribution in [3.63, 3.8) is 0 Å². The molecule has 2 atom stereocenters. The van der Waals surface area contributed by atoms with E-state index in [-0.39, 0.29) is 18.9 Å². The predicted molar refractivity (Wildman–Crippen MR) is 103 cm³/mol. The Bertz CT molecular complexity index is 847. The number of likely N-dealkylation sites (tertiary alicyclic amines) is 1. The molecule has 0 radical (unpaired) electrons. The number of rotatable bonds is 8. The lowest BCUT2D eigenvalue weighted by Gasteiger charge is -2.17. The zero-order valence-corrected chi connectivity index (χ0v) is 16.4. The second-order valence-corrected chi connectivity index (χ2v) is 6.90. The molecule has 2 amide bonds. The van der Waals surface area contributed by atoms with Crippen molar-refractivity contribution < 1.29 is 28.3 Å². The van der Waals surface area contributed by atoms with Crippen molar-refractivity contribution in [2.75, 3.05) is 13.7 Å². The van der Waals surface area contributed by atoms with Gasteiger partial charge in [0, 0.05) is 19.5 Å². The lowest BCUT2D eigenvalue weighted by Crippen LogP contribution is -2.37. The van der Waals surface area contributed by atoms with Gasteiger partial charge in [-0.25, -0.2) is 0 Å². The number of benzene rings is 1. The third-order valence-electron chi connectivity index (χ3n) is 4.76. The molecule has 29 heavy (non-hydrogen) atoms. The number of hydrogen-bond acceptors (Lipinski definition) is 6. The predicted octanol–water partition coefficient (Wildman–Crippen LogP) is 1.88. The topological polar surface area (TPSA) is 98.1 Å². The Morgan fingerprint density at radius 3 is 2.69 bits per heavy atom. The van der Waals surface area contributed by atoms with E-state index in [9.17, 15) is 14.4 Å². The van der Waals surface area contributed by atoms with Gasteiger partial charge in [-0.3, -0.25) is 14.4 Å². The first-order chi connectivity index (χ1) is 14.0. The van der Waals surface area contributed by atoms with E-state index in [1.54, 1.807) is 36.3 Å². The summed E-state index contributed by atoms with van der Waals surface area (Å²) in [6.45, 7) is 2.38. The summed E-state index contributed by atoms with van der Waals surface area (Å²) in [6.07, 6.45) is 0.656. The highest BCUT2D eigenvalue weighted by atomic mass is 16.5. The van der Waals surface area contributed by atoms with Crippen LogP contribution in [0.2, 0.25) is 0 Å². The molecule has 2 heterocycles. The first-order valence-electron chi connectivity index (χ1n) is 9.37. The van der Waals surface area contributed by atoms with Crippen molar-refractivity contribution in [2.24, 2.45) is 5.92 Å². The van der Waals surface area contributed by atoms with Crippen molar-refractivity contribution >= 4 is 17.8 Å². The van der Waals surface area contributed by atoms with E-state index in [2.05, 4.69) is 5.32 Å². The molecule has 2 aromatic rings. The minimum absolute atomic E-state index is 0.0692. The molecular weight excluding hydrogens is 376 g/mol. The highest BCUT2D eigenvalue weighted by Gasteiger charge is 2.36. The Labute approximate surface area is 168 Å². The van der Waals surface area contributed by atoms with Gasteiger partial charge in [0.05, 0.1) is 25.8 Å². The van der Waals surface area contributed by atoms with Crippen molar-refractivity contribution in [2.45, 2.75) is 32.5 Å². The van der Waals surface area contributed by atoms with Gasteiger partial charge in [0.25, 0.3) is 5.91 Å². The van der Waals surface area contributed by atoms with E-state index in [1.165, 1.54) is 13.2 Å². The zero-order chi connectivity index (χ0) is 20.8. The lowest BCUT2D eigenvalue weighted by atomic mass is 10.1. The van der Waals surface area contributed by atoms with Gasteiger partial charge in [0.1, 0.15) is 11.5 Å². The third-order valence-corrected chi connectivity index (χ3v) is 4.76. The van der Waals surface area contributed by atoms with Crippen LogP contribution >= 0.6 is 0 Å². The molecule has 1 N–H and O–H groups in total. The average molecular weight is 400 g/mol. The average Bonchev–Trinajstić information content (AvgIpc) is 3.36. The van der Waals surface area contributed by atoms with Gasteiger partial charge in [-0.05, 0) is 36.8 Å². The van der Waals surface area contributed by atoms with E-state index in [4.69, 9.17) is 13.9 Å². The number of nitrogens with one attached hydrogen (secondary N) is 1. The highest BCUT2D eigenvalue weighted by Crippen LogP contribution is 2.22. The van der Waals surface area contributed by atoms with E-state index in [1.807, 2.05) is 12.1 Å². The van der Waals surface area contributed by atoms with Crippen LogP contribution in [0.4, 0.5) is 0 Å². The van der Waals surface area contributed by atoms with Gasteiger partial charge < -0.3 is 24.1 Å². The number of carbonyl (C=O) groups excluding carboxylic acids is 3. The van der Waals surface area contributed by atoms with Gasteiger partial charge in [-0.2, -0.15) is 0 Å². The molecule has 8 heteroatoms. The first kappa shape index (κ1) is 20.4. The number of ether oxygens (including phenoxy) is 2. The molecule has 1 aromatic heterocycles.